The monoisotopic (exact) mass is 367 g/mol. The summed E-state index contributed by atoms with van der Waals surface area (Å²) in [4.78, 5) is 3.44. The second-order valence-electron chi connectivity index (χ2n) is 12.9. The first kappa shape index (κ1) is 16.7. The Hall–Kier alpha value is -0.0400. The molecule has 0 aromatic carbocycles. The molecule has 9 aliphatic carbocycles. The molecule has 0 spiro atoms. The van der Waals surface area contributed by atoms with Crippen LogP contribution < -0.4 is 0 Å². The normalized spacial score (nSPS) is 56.3. The number of rotatable bonds is 3. The first-order valence-electron chi connectivity index (χ1n) is 13.0. The van der Waals surface area contributed by atoms with Crippen LogP contribution in [0.1, 0.15) is 109 Å². The zero-order chi connectivity index (χ0) is 17.6. The van der Waals surface area contributed by atoms with Crippen molar-refractivity contribution in [3.8, 4) is 0 Å². The minimum atomic E-state index is 0.655. The second-order valence-corrected chi connectivity index (χ2v) is 12.9. The van der Waals surface area contributed by atoms with E-state index in [-0.39, 0.29) is 0 Å². The predicted molar refractivity (Wildman–Crippen MR) is 111 cm³/mol. The van der Waals surface area contributed by atoms with Crippen LogP contribution in [-0.2, 0) is 0 Å². The van der Waals surface area contributed by atoms with Gasteiger partial charge in [-0.25, -0.2) is 0 Å². The van der Waals surface area contributed by atoms with Crippen LogP contribution >= 0.6 is 0 Å². The molecule has 0 saturated heterocycles. The summed E-state index contributed by atoms with van der Waals surface area (Å²) in [5, 5.41) is 0. The molecule has 0 aromatic heterocycles. The van der Waals surface area contributed by atoms with E-state index in [0.717, 1.165) is 41.5 Å². The van der Waals surface area contributed by atoms with Gasteiger partial charge in [0.1, 0.15) is 0 Å². The van der Waals surface area contributed by atoms with Crippen molar-refractivity contribution in [2.75, 3.05) is 0 Å². The van der Waals surface area contributed by atoms with E-state index in [1.807, 2.05) is 0 Å². The van der Waals surface area contributed by atoms with Crippen molar-refractivity contribution in [2.24, 2.45) is 35.5 Å². The maximum Gasteiger partial charge on any atom is 0.0226 e. The van der Waals surface area contributed by atoms with Gasteiger partial charge < -0.3 is 0 Å². The van der Waals surface area contributed by atoms with Gasteiger partial charge in [0.25, 0.3) is 0 Å². The molecule has 9 aliphatic rings. The van der Waals surface area contributed by atoms with E-state index >= 15 is 0 Å². The van der Waals surface area contributed by atoms with Gasteiger partial charge in [0, 0.05) is 17.1 Å². The maximum atomic E-state index is 3.44. The highest BCUT2D eigenvalue weighted by atomic mass is 15.3. The molecule has 8 bridgehead atoms. The molecule has 9 fully saturated rings. The van der Waals surface area contributed by atoms with Crippen molar-refractivity contribution in [2.45, 2.75) is 126 Å². The predicted octanol–water partition coefficient (Wildman–Crippen LogP) is 6.56. The Balaban J connectivity index is 1.31. The Morgan fingerprint density at radius 3 is 1.11 bits per heavy atom. The zero-order valence-electron chi connectivity index (χ0n) is 17.5. The highest BCUT2D eigenvalue weighted by Crippen LogP contribution is 2.65. The van der Waals surface area contributed by atoms with Crippen LogP contribution in [0.5, 0.6) is 0 Å². The van der Waals surface area contributed by atoms with Crippen LogP contribution in [0, 0.1) is 35.5 Å². The molecule has 1 nitrogen and oxygen atoms in total. The summed E-state index contributed by atoms with van der Waals surface area (Å²) in [6.07, 6.45) is 27.0. The van der Waals surface area contributed by atoms with Gasteiger partial charge in [-0.05, 0) is 125 Å². The molecule has 0 amide bonds. The highest BCUT2D eigenvalue weighted by molar-refractivity contribution is 5.17. The third kappa shape index (κ3) is 2.45. The van der Waals surface area contributed by atoms with Gasteiger partial charge in [-0.15, -0.1) is 0 Å². The third-order valence-electron chi connectivity index (χ3n) is 11.0. The first-order chi connectivity index (χ1) is 13.2. The molecule has 1 heteroatoms. The Bertz CT molecular complexity index is 485. The minimum Gasteiger partial charge on any atom is -0.289 e. The van der Waals surface area contributed by atoms with Crippen LogP contribution in [-0.4, -0.2) is 22.0 Å². The Labute approximate surface area is 167 Å². The molecule has 0 aromatic rings. The summed E-state index contributed by atoms with van der Waals surface area (Å²) < 4.78 is 0. The van der Waals surface area contributed by atoms with E-state index in [1.54, 1.807) is 89.9 Å². The minimum absolute atomic E-state index is 0.655. The van der Waals surface area contributed by atoms with E-state index < -0.39 is 0 Å². The molecule has 150 valence electrons. The summed E-state index contributed by atoms with van der Waals surface area (Å²) >= 11 is 0. The van der Waals surface area contributed by atoms with Crippen LogP contribution in [0.25, 0.3) is 0 Å². The SMILES string of the molecule is C1CCC(N(C23CC4CC(CC(C4)C2)C3)C23CC4CC(CC(C4)C2)C3)CC1. The van der Waals surface area contributed by atoms with Crippen molar-refractivity contribution < 1.29 is 0 Å². The fourth-order valence-corrected chi connectivity index (χ4v) is 11.3. The molecule has 0 N–H and O–H groups in total. The van der Waals surface area contributed by atoms with Crippen molar-refractivity contribution in [3.63, 3.8) is 0 Å². The zero-order valence-corrected chi connectivity index (χ0v) is 17.5. The molecule has 9 saturated carbocycles. The fourth-order valence-electron chi connectivity index (χ4n) is 11.3. The van der Waals surface area contributed by atoms with Crippen LogP contribution in [0.2, 0.25) is 0 Å². The molecule has 0 heterocycles. The van der Waals surface area contributed by atoms with Gasteiger partial charge in [0.05, 0.1) is 0 Å². The quantitative estimate of drug-likeness (QED) is 0.546. The van der Waals surface area contributed by atoms with Crippen LogP contribution in [0.15, 0.2) is 0 Å². The van der Waals surface area contributed by atoms with Gasteiger partial charge in [0.2, 0.25) is 0 Å². The largest absolute Gasteiger partial charge is 0.289 e. The van der Waals surface area contributed by atoms with Crippen molar-refractivity contribution in [1.82, 2.24) is 4.90 Å². The highest BCUT2D eigenvalue weighted by Gasteiger charge is 2.62. The molecule has 9 rings (SSSR count). The molecular formula is C26H41N. The number of hydrogen-bond donors (Lipinski definition) is 0. The summed E-state index contributed by atoms with van der Waals surface area (Å²) in [7, 11) is 0. The van der Waals surface area contributed by atoms with Gasteiger partial charge >= 0.3 is 0 Å². The molecule has 0 atom stereocenters. The van der Waals surface area contributed by atoms with Crippen molar-refractivity contribution in [1.29, 1.82) is 0 Å². The van der Waals surface area contributed by atoms with E-state index in [1.165, 1.54) is 19.3 Å². The lowest BCUT2D eigenvalue weighted by molar-refractivity contribution is -0.198. The summed E-state index contributed by atoms with van der Waals surface area (Å²) in [5.41, 5.74) is 1.31. The van der Waals surface area contributed by atoms with Gasteiger partial charge in [-0.3, -0.25) is 4.90 Å². The van der Waals surface area contributed by atoms with Gasteiger partial charge in [-0.1, -0.05) is 19.3 Å². The van der Waals surface area contributed by atoms with Crippen LogP contribution in [0.4, 0.5) is 0 Å². The molecule has 27 heavy (non-hydrogen) atoms. The summed E-state index contributed by atoms with van der Waals surface area (Å²) in [5.74, 6) is 6.65. The molecular weight excluding hydrogens is 326 g/mol. The van der Waals surface area contributed by atoms with Crippen LogP contribution in [0.3, 0.4) is 0 Å². The fraction of sp³-hybridized carbons (Fsp3) is 1.00. The van der Waals surface area contributed by atoms with Gasteiger partial charge in [0.15, 0.2) is 0 Å². The topological polar surface area (TPSA) is 3.24 Å². The summed E-state index contributed by atoms with van der Waals surface area (Å²) in [6.45, 7) is 0. The lowest BCUT2D eigenvalue weighted by atomic mass is 9.48. The third-order valence-corrected chi connectivity index (χ3v) is 11.0. The maximum absolute atomic E-state index is 3.44. The molecule has 0 aliphatic heterocycles. The Kier molecular flexibility index (Phi) is 3.57. The average Bonchev–Trinajstić information content (AvgIpc) is 2.60. The van der Waals surface area contributed by atoms with E-state index in [9.17, 15) is 0 Å². The van der Waals surface area contributed by atoms with E-state index in [2.05, 4.69) is 4.90 Å². The smallest absolute Gasteiger partial charge is 0.0226 e. The lowest BCUT2D eigenvalue weighted by Gasteiger charge is -2.70. The molecule has 0 unspecified atom stereocenters. The number of hydrogen-bond acceptors (Lipinski definition) is 1. The first-order valence-corrected chi connectivity index (χ1v) is 13.0. The molecule has 0 radical (unpaired) electrons. The van der Waals surface area contributed by atoms with Crippen molar-refractivity contribution >= 4 is 0 Å². The van der Waals surface area contributed by atoms with E-state index in [0.29, 0.717) is 11.1 Å². The summed E-state index contributed by atoms with van der Waals surface area (Å²) in [6, 6.07) is 0.964. The van der Waals surface area contributed by atoms with Crippen molar-refractivity contribution in [3.05, 3.63) is 0 Å². The standard InChI is InChI=1S/C26H41N/c1-2-4-24(5-3-1)27(25-12-18-6-19(13-25)8-20(7-18)14-25)26-15-21-9-22(16-26)11-23(10-21)17-26/h18-24H,1-17H2. The Morgan fingerprint density at radius 1 is 0.444 bits per heavy atom. The average molecular weight is 368 g/mol. The van der Waals surface area contributed by atoms with Gasteiger partial charge in [-0.2, -0.15) is 0 Å². The van der Waals surface area contributed by atoms with E-state index in [4.69, 9.17) is 0 Å². The lowest BCUT2D eigenvalue weighted by Crippen LogP contribution is -2.72. The number of nitrogens with zero attached hydrogens (tertiary/aromatic N) is 1. The second kappa shape index (κ2) is 5.77. The Morgan fingerprint density at radius 2 is 0.778 bits per heavy atom.